The fraction of sp³-hybridized carbons (Fsp3) is 0.291. The first-order valence-electron chi connectivity index (χ1n) is 21.2. The van der Waals surface area contributed by atoms with Crippen LogP contribution in [0.25, 0.3) is 0 Å². The molecule has 0 unspecified atom stereocenters. The molecule has 0 atom stereocenters. The van der Waals surface area contributed by atoms with Crippen LogP contribution in [0.4, 0.5) is 11.4 Å². The number of halogens is 1. The third-order valence-electron chi connectivity index (χ3n) is 12.9. The van der Waals surface area contributed by atoms with Gasteiger partial charge in [-0.3, -0.25) is 0 Å². The predicted octanol–water partition coefficient (Wildman–Crippen LogP) is 14.4. The van der Waals surface area contributed by atoms with Crippen molar-refractivity contribution < 1.29 is 4.58 Å². The van der Waals surface area contributed by atoms with Gasteiger partial charge in [0, 0.05) is 52.0 Å². The topological polar surface area (TPSA) is 6.25 Å². The predicted molar refractivity (Wildman–Crippen MR) is 249 cm³/mol. The lowest BCUT2D eigenvalue weighted by Gasteiger charge is -2.36. The fourth-order valence-corrected chi connectivity index (χ4v) is 10.0. The highest BCUT2D eigenvalue weighted by Crippen LogP contribution is 2.47. The highest BCUT2D eigenvalue weighted by Gasteiger charge is 2.43. The van der Waals surface area contributed by atoms with Gasteiger partial charge in [-0.2, -0.15) is 4.58 Å². The third-order valence-corrected chi connectivity index (χ3v) is 13.4. The van der Waals surface area contributed by atoms with Crippen molar-refractivity contribution in [2.45, 2.75) is 89.4 Å². The minimum atomic E-state index is -0.0697. The SMILES string of the molecule is CCCCC(c1ccccc1)(c1ccccc1)c1ccccc1.CN1/C(=C/C=C2\CCCC(/C=C/C3=[N+](C)c4ccccc4C3(C)C)=C2Cl)C(C)(C)c2ccccc21. The Labute approximate surface area is 353 Å². The molecule has 5 aromatic rings. The van der Waals surface area contributed by atoms with Gasteiger partial charge in [0.15, 0.2) is 5.71 Å². The third kappa shape index (κ3) is 7.72. The van der Waals surface area contributed by atoms with Crippen LogP contribution in [-0.4, -0.2) is 24.4 Å². The summed E-state index contributed by atoms with van der Waals surface area (Å²) in [5.41, 5.74) is 14.4. The first kappa shape index (κ1) is 41.0. The Morgan fingerprint density at radius 1 is 0.655 bits per heavy atom. The lowest BCUT2D eigenvalue weighted by Crippen LogP contribution is -2.29. The zero-order chi connectivity index (χ0) is 40.9. The molecular formula is C55H60ClN2+. The molecule has 1 aliphatic carbocycles. The minimum Gasteiger partial charge on any atom is -0.347 e. The van der Waals surface area contributed by atoms with E-state index >= 15 is 0 Å². The van der Waals surface area contributed by atoms with Crippen LogP contribution < -0.4 is 4.90 Å². The van der Waals surface area contributed by atoms with Crippen molar-refractivity contribution >= 4 is 28.7 Å². The molecule has 0 fully saturated rings. The summed E-state index contributed by atoms with van der Waals surface area (Å²) in [6.07, 6.45) is 15.8. The van der Waals surface area contributed by atoms with Crippen molar-refractivity contribution in [1.82, 2.24) is 0 Å². The van der Waals surface area contributed by atoms with Gasteiger partial charge in [-0.1, -0.05) is 185 Å². The lowest BCUT2D eigenvalue weighted by molar-refractivity contribution is -0.401. The number of anilines is 1. The minimum absolute atomic E-state index is 0.0275. The summed E-state index contributed by atoms with van der Waals surface area (Å²) in [6.45, 7) is 11.5. The van der Waals surface area contributed by atoms with Crippen molar-refractivity contribution in [2.24, 2.45) is 0 Å². The summed E-state index contributed by atoms with van der Waals surface area (Å²) in [5, 5.41) is 0.914. The smallest absolute Gasteiger partial charge is 0.209 e. The van der Waals surface area contributed by atoms with Crippen LogP contribution in [0.2, 0.25) is 0 Å². The van der Waals surface area contributed by atoms with E-state index in [1.807, 2.05) is 0 Å². The maximum atomic E-state index is 7.01. The van der Waals surface area contributed by atoms with Gasteiger partial charge in [0.05, 0.1) is 5.41 Å². The van der Waals surface area contributed by atoms with Gasteiger partial charge < -0.3 is 4.90 Å². The van der Waals surface area contributed by atoms with E-state index in [0.717, 1.165) is 30.7 Å². The van der Waals surface area contributed by atoms with Crippen LogP contribution in [0.3, 0.4) is 0 Å². The van der Waals surface area contributed by atoms with Crippen molar-refractivity contribution in [3.05, 3.63) is 214 Å². The molecular weight excluding hydrogens is 724 g/mol. The molecule has 0 N–H and O–H groups in total. The maximum Gasteiger partial charge on any atom is 0.209 e. The van der Waals surface area contributed by atoms with Gasteiger partial charge in [0.25, 0.3) is 0 Å². The molecule has 58 heavy (non-hydrogen) atoms. The highest BCUT2D eigenvalue weighted by molar-refractivity contribution is 6.32. The van der Waals surface area contributed by atoms with Crippen molar-refractivity contribution in [2.75, 3.05) is 19.0 Å². The largest absolute Gasteiger partial charge is 0.347 e. The molecule has 0 aromatic heterocycles. The van der Waals surface area contributed by atoms with E-state index in [4.69, 9.17) is 11.6 Å². The maximum absolute atomic E-state index is 7.01. The Hall–Kier alpha value is -5.18. The summed E-state index contributed by atoms with van der Waals surface area (Å²) in [6, 6.07) is 50.3. The molecule has 0 spiro atoms. The second-order valence-electron chi connectivity index (χ2n) is 17.2. The fourth-order valence-electron chi connectivity index (χ4n) is 9.71. The van der Waals surface area contributed by atoms with Crippen molar-refractivity contribution in [3.63, 3.8) is 0 Å². The van der Waals surface area contributed by atoms with Crippen molar-refractivity contribution in [1.29, 1.82) is 0 Å². The number of para-hydroxylation sites is 2. The average molecular weight is 785 g/mol. The molecule has 3 heteroatoms. The second kappa shape index (κ2) is 17.4. The normalized spacial score (nSPS) is 18.4. The molecule has 0 bridgehead atoms. The average Bonchev–Trinajstić information content (AvgIpc) is 3.57. The van der Waals surface area contributed by atoms with Gasteiger partial charge in [-0.05, 0) is 85.1 Å². The van der Waals surface area contributed by atoms with Crippen LogP contribution in [0, 0.1) is 0 Å². The number of allylic oxidation sites excluding steroid dienone is 8. The van der Waals surface area contributed by atoms with Crippen LogP contribution in [0.1, 0.15) is 101 Å². The van der Waals surface area contributed by atoms with Crippen LogP contribution >= 0.6 is 11.6 Å². The quantitative estimate of drug-likeness (QED) is 0.107. The molecule has 2 heterocycles. The van der Waals surface area contributed by atoms with Gasteiger partial charge in [0.2, 0.25) is 5.69 Å². The van der Waals surface area contributed by atoms with E-state index in [1.54, 1.807) is 0 Å². The molecule has 0 amide bonds. The number of hydrogen-bond acceptors (Lipinski definition) is 1. The zero-order valence-electron chi connectivity index (χ0n) is 35.6. The number of benzene rings is 5. The van der Waals surface area contributed by atoms with E-state index in [1.165, 1.54) is 74.6 Å². The van der Waals surface area contributed by atoms with Crippen LogP contribution in [-0.2, 0) is 16.2 Å². The van der Waals surface area contributed by atoms with Gasteiger partial charge in [-0.25, -0.2) is 0 Å². The summed E-state index contributed by atoms with van der Waals surface area (Å²) >= 11 is 7.01. The number of fused-ring (bicyclic) bond motifs is 2. The molecule has 2 nitrogen and oxygen atoms in total. The Morgan fingerprint density at radius 3 is 1.74 bits per heavy atom. The summed E-state index contributed by atoms with van der Waals surface area (Å²) in [5.74, 6) is 0. The Balaban J connectivity index is 0.000000193. The molecule has 2 aliphatic heterocycles. The van der Waals surface area contributed by atoms with E-state index in [0.29, 0.717) is 0 Å². The first-order valence-corrected chi connectivity index (χ1v) is 21.6. The summed E-state index contributed by atoms with van der Waals surface area (Å²) in [4.78, 5) is 2.32. The molecule has 8 rings (SSSR count). The Morgan fingerprint density at radius 2 is 1.19 bits per heavy atom. The summed E-state index contributed by atoms with van der Waals surface area (Å²) < 4.78 is 2.32. The van der Waals surface area contributed by atoms with Gasteiger partial charge >= 0.3 is 0 Å². The molecule has 0 radical (unpaired) electrons. The molecule has 3 aliphatic rings. The van der Waals surface area contributed by atoms with E-state index in [2.05, 4.69) is 222 Å². The second-order valence-corrected chi connectivity index (χ2v) is 17.5. The Bertz CT molecular complexity index is 2280. The highest BCUT2D eigenvalue weighted by atomic mass is 35.5. The molecule has 0 saturated heterocycles. The van der Waals surface area contributed by atoms with Crippen molar-refractivity contribution in [3.8, 4) is 0 Å². The number of likely N-dealkylation sites (N-methyl/N-ethyl adjacent to an activating group) is 1. The molecule has 296 valence electrons. The van der Waals surface area contributed by atoms with E-state index < -0.39 is 0 Å². The number of unbranched alkanes of at least 4 members (excludes halogenated alkanes) is 1. The van der Waals surface area contributed by atoms with Gasteiger partial charge in [0.1, 0.15) is 7.05 Å². The number of nitrogens with zero attached hydrogens (tertiary/aromatic N) is 2. The molecule has 5 aromatic carbocycles. The van der Waals surface area contributed by atoms with Crippen LogP contribution in [0.15, 0.2) is 186 Å². The number of hydrogen-bond donors (Lipinski definition) is 0. The van der Waals surface area contributed by atoms with Gasteiger partial charge in [-0.15, -0.1) is 0 Å². The zero-order valence-corrected chi connectivity index (χ0v) is 36.4. The van der Waals surface area contributed by atoms with E-state index in [9.17, 15) is 0 Å². The monoisotopic (exact) mass is 783 g/mol. The van der Waals surface area contributed by atoms with Crippen LogP contribution in [0.5, 0.6) is 0 Å². The standard InChI is InChI=1S/C32H36ClN2.C23H24/c1-31(2)24-14-7-9-16-26(24)34(5)28(31)20-18-22-12-11-13-23(30(22)33)19-21-29-32(3,4)25-15-8-10-17-27(25)35(29)6;1-2-3-19-23(20-13-7-4-8-14-20,21-15-9-5-10-16-21)22-17-11-6-12-18-22/h7-10,14-21H,11-13H2,1-6H3;4-18H,2-3,19H2,1H3/q+1;. The summed E-state index contributed by atoms with van der Waals surface area (Å²) in [7, 11) is 4.33. The lowest BCUT2D eigenvalue weighted by atomic mass is 9.66. The Kier molecular flexibility index (Phi) is 12.3. The first-order chi connectivity index (χ1) is 28.0. The van der Waals surface area contributed by atoms with E-state index in [-0.39, 0.29) is 16.2 Å². The molecule has 0 saturated carbocycles. The number of rotatable bonds is 9.